The Kier molecular flexibility index (Phi) is 6.48. The van der Waals surface area contributed by atoms with Gasteiger partial charge < -0.3 is 4.57 Å². The van der Waals surface area contributed by atoms with E-state index in [-0.39, 0.29) is 22.0 Å². The molecule has 0 aliphatic heterocycles. The number of nitrogens with zero attached hydrogens (tertiary/aromatic N) is 4. The van der Waals surface area contributed by atoms with Gasteiger partial charge >= 0.3 is 0 Å². The van der Waals surface area contributed by atoms with Crippen LogP contribution in [-0.2, 0) is 10.0 Å². The molecule has 2 N–H and O–H groups in total. The Morgan fingerprint density at radius 2 is 1.77 bits per heavy atom. The number of nitriles is 1. The Bertz CT molecular complexity index is 1600. The quantitative estimate of drug-likeness (QED) is 0.223. The van der Waals surface area contributed by atoms with Gasteiger partial charge in [0.2, 0.25) is 10.0 Å². The highest BCUT2D eigenvalue weighted by atomic mass is 35.5. The molecule has 0 saturated carbocycles. The van der Waals surface area contributed by atoms with Crippen molar-refractivity contribution in [3.8, 4) is 22.9 Å². The van der Waals surface area contributed by atoms with Crippen molar-refractivity contribution in [2.45, 2.75) is 4.90 Å². The second-order valence-corrected chi connectivity index (χ2v) is 9.38. The van der Waals surface area contributed by atoms with Crippen LogP contribution in [0.5, 0.6) is 0 Å². The van der Waals surface area contributed by atoms with Gasteiger partial charge in [-0.25, -0.2) is 18.5 Å². The van der Waals surface area contributed by atoms with Crippen molar-refractivity contribution in [3.63, 3.8) is 0 Å². The van der Waals surface area contributed by atoms with Gasteiger partial charge in [-0.2, -0.15) is 5.26 Å². The minimum atomic E-state index is -3.88. The van der Waals surface area contributed by atoms with Crippen LogP contribution >= 0.6 is 11.6 Å². The van der Waals surface area contributed by atoms with Crippen LogP contribution in [0.15, 0.2) is 88.9 Å². The van der Waals surface area contributed by atoms with E-state index >= 15 is 0 Å². The molecule has 3 aromatic carbocycles. The largest absolute Gasteiger partial charge is 0.300 e. The number of sulfonamides is 1. The average molecular weight is 506 g/mol. The zero-order valence-corrected chi connectivity index (χ0v) is 19.4. The Balaban J connectivity index is 1.89. The van der Waals surface area contributed by atoms with Crippen molar-refractivity contribution in [1.82, 2.24) is 4.57 Å². The molecule has 4 aromatic rings. The molecule has 0 atom stereocenters. The van der Waals surface area contributed by atoms with Gasteiger partial charge in [0.25, 0.3) is 5.69 Å². The minimum absolute atomic E-state index is 0.0616. The van der Waals surface area contributed by atoms with E-state index in [0.717, 1.165) is 5.56 Å². The number of nitro benzene ring substituents is 1. The molecule has 0 amide bonds. The lowest BCUT2D eigenvalue weighted by atomic mass is 10.1. The lowest BCUT2D eigenvalue weighted by molar-refractivity contribution is -0.384. The van der Waals surface area contributed by atoms with E-state index in [9.17, 15) is 23.8 Å². The first kappa shape index (κ1) is 23.8. The molecule has 1 aromatic heterocycles. The first-order valence-corrected chi connectivity index (χ1v) is 11.9. The summed E-state index contributed by atoms with van der Waals surface area (Å²) in [6.07, 6.45) is 3.12. The Hall–Kier alpha value is -4.30. The van der Waals surface area contributed by atoms with E-state index in [1.54, 1.807) is 53.2 Å². The van der Waals surface area contributed by atoms with E-state index in [4.69, 9.17) is 16.7 Å². The number of benzene rings is 3. The van der Waals surface area contributed by atoms with Gasteiger partial charge in [-0.15, -0.1) is 0 Å². The van der Waals surface area contributed by atoms with Crippen molar-refractivity contribution >= 4 is 39.3 Å². The molecular formula is C24H16ClN5O4S. The molecule has 0 fully saturated rings. The maximum atomic E-state index is 11.6. The van der Waals surface area contributed by atoms with Gasteiger partial charge in [0, 0.05) is 40.8 Å². The van der Waals surface area contributed by atoms with Crippen LogP contribution < -0.4 is 5.14 Å². The highest BCUT2D eigenvalue weighted by molar-refractivity contribution is 7.89. The Morgan fingerprint density at radius 1 is 1.09 bits per heavy atom. The molecule has 0 bridgehead atoms. The number of rotatable bonds is 6. The third kappa shape index (κ3) is 5.12. The van der Waals surface area contributed by atoms with Crippen molar-refractivity contribution in [2.24, 2.45) is 10.1 Å². The number of nitro groups is 1. The van der Waals surface area contributed by atoms with E-state index in [1.807, 2.05) is 0 Å². The summed E-state index contributed by atoms with van der Waals surface area (Å²) in [5.41, 5.74) is 2.45. The Morgan fingerprint density at radius 3 is 2.37 bits per heavy atom. The lowest BCUT2D eigenvalue weighted by Crippen LogP contribution is -2.11. The maximum absolute atomic E-state index is 11.6. The molecule has 0 aliphatic rings. The highest BCUT2D eigenvalue weighted by Crippen LogP contribution is 2.36. The van der Waals surface area contributed by atoms with E-state index in [0.29, 0.717) is 21.8 Å². The molecule has 0 unspecified atom stereocenters. The molecule has 0 spiro atoms. The smallest absolute Gasteiger partial charge is 0.270 e. The molecule has 9 nitrogen and oxygen atoms in total. The summed E-state index contributed by atoms with van der Waals surface area (Å²) in [6.45, 7) is 0. The van der Waals surface area contributed by atoms with Crippen molar-refractivity contribution in [3.05, 3.63) is 105 Å². The van der Waals surface area contributed by atoms with Crippen LogP contribution in [0, 0.1) is 21.4 Å². The van der Waals surface area contributed by atoms with Gasteiger partial charge in [-0.3, -0.25) is 10.1 Å². The SMILES string of the molecule is N#Cc1c(-c2ccc(Cl)cc2)cn(-c2ccc(S(N)(=O)=O)cc2)c1N=Cc1cccc([N+](=O)[O-])c1. The number of non-ortho nitro benzene ring substituents is 1. The van der Waals surface area contributed by atoms with Gasteiger partial charge in [0.1, 0.15) is 11.6 Å². The summed E-state index contributed by atoms with van der Waals surface area (Å²) in [5.74, 6) is 0.257. The van der Waals surface area contributed by atoms with Crippen LogP contribution in [0.1, 0.15) is 11.1 Å². The topological polar surface area (TPSA) is 144 Å². The molecule has 0 radical (unpaired) electrons. The number of aliphatic imine (C=N–C) groups is 1. The van der Waals surface area contributed by atoms with Crippen molar-refractivity contribution in [1.29, 1.82) is 5.26 Å². The summed E-state index contributed by atoms with van der Waals surface area (Å²) in [7, 11) is -3.88. The molecule has 11 heteroatoms. The van der Waals surface area contributed by atoms with Gasteiger partial charge in [-0.1, -0.05) is 35.9 Å². The van der Waals surface area contributed by atoms with Crippen LogP contribution in [0.25, 0.3) is 16.8 Å². The van der Waals surface area contributed by atoms with Crippen LogP contribution in [-0.4, -0.2) is 24.1 Å². The molecule has 1 heterocycles. The predicted molar refractivity (Wildman–Crippen MR) is 133 cm³/mol. The molecule has 0 saturated heterocycles. The summed E-state index contributed by atoms with van der Waals surface area (Å²) >= 11 is 6.01. The Labute approximate surface area is 205 Å². The number of primary sulfonamides is 1. The van der Waals surface area contributed by atoms with E-state index < -0.39 is 14.9 Å². The fraction of sp³-hybridized carbons (Fsp3) is 0. The zero-order valence-electron chi connectivity index (χ0n) is 17.9. The van der Waals surface area contributed by atoms with Crippen LogP contribution in [0.3, 0.4) is 0 Å². The highest BCUT2D eigenvalue weighted by Gasteiger charge is 2.19. The number of nitrogens with two attached hydrogens (primary N) is 1. The molecule has 4 rings (SSSR count). The number of hydrogen-bond donors (Lipinski definition) is 1. The summed E-state index contributed by atoms with van der Waals surface area (Å²) in [5, 5.41) is 26.8. The molecule has 0 aliphatic carbocycles. The third-order valence-corrected chi connectivity index (χ3v) is 6.29. The standard InChI is InChI=1S/C24H16ClN5O4S/c25-18-6-4-17(5-7-18)23-15-29(19-8-10-21(11-9-19)35(27,33)34)24(22(23)13-26)28-14-16-2-1-3-20(12-16)30(31)32/h1-12,14-15H,(H2,27,33,34). The average Bonchev–Trinajstić information content (AvgIpc) is 3.21. The molecular weight excluding hydrogens is 490 g/mol. The van der Waals surface area contributed by atoms with Gasteiger partial charge in [-0.05, 0) is 47.5 Å². The number of halogens is 1. The molecule has 35 heavy (non-hydrogen) atoms. The fourth-order valence-electron chi connectivity index (χ4n) is 3.43. The predicted octanol–water partition coefficient (Wildman–Crippen LogP) is 4.98. The number of aromatic nitrogens is 1. The summed E-state index contributed by atoms with van der Waals surface area (Å²) in [6, 6.07) is 20.8. The zero-order chi connectivity index (χ0) is 25.2. The van der Waals surface area contributed by atoms with Gasteiger partial charge in [0.15, 0.2) is 5.82 Å². The van der Waals surface area contributed by atoms with Crippen LogP contribution in [0.4, 0.5) is 11.5 Å². The third-order valence-electron chi connectivity index (χ3n) is 5.11. The van der Waals surface area contributed by atoms with E-state index in [1.165, 1.54) is 36.5 Å². The molecule has 174 valence electrons. The van der Waals surface area contributed by atoms with Crippen molar-refractivity contribution in [2.75, 3.05) is 0 Å². The minimum Gasteiger partial charge on any atom is -0.300 e. The maximum Gasteiger partial charge on any atom is 0.270 e. The summed E-state index contributed by atoms with van der Waals surface area (Å²) in [4.78, 5) is 15.0. The first-order valence-electron chi connectivity index (χ1n) is 10.0. The van der Waals surface area contributed by atoms with Gasteiger partial charge in [0.05, 0.1) is 9.82 Å². The monoisotopic (exact) mass is 505 g/mol. The normalized spacial score (nSPS) is 11.5. The first-order chi connectivity index (χ1) is 16.7. The van der Waals surface area contributed by atoms with Crippen molar-refractivity contribution < 1.29 is 13.3 Å². The lowest BCUT2D eigenvalue weighted by Gasteiger charge is -2.07. The summed E-state index contributed by atoms with van der Waals surface area (Å²) < 4.78 is 24.9. The fourth-order valence-corrected chi connectivity index (χ4v) is 4.07. The second kappa shape index (κ2) is 9.52. The number of hydrogen-bond acceptors (Lipinski definition) is 6. The van der Waals surface area contributed by atoms with Crippen LogP contribution in [0.2, 0.25) is 5.02 Å². The second-order valence-electron chi connectivity index (χ2n) is 7.38. The van der Waals surface area contributed by atoms with E-state index in [2.05, 4.69) is 11.1 Å².